The molecule has 1 aromatic rings. The highest BCUT2D eigenvalue weighted by Gasteiger charge is 2.25. The van der Waals surface area contributed by atoms with Gasteiger partial charge < -0.3 is 10.6 Å². The summed E-state index contributed by atoms with van der Waals surface area (Å²) in [7, 11) is 0. The molecule has 1 heterocycles. The van der Waals surface area contributed by atoms with Gasteiger partial charge in [0.05, 0.1) is 5.71 Å². The summed E-state index contributed by atoms with van der Waals surface area (Å²) in [5.41, 5.74) is 10.1. The molecule has 3 nitrogen and oxygen atoms in total. The van der Waals surface area contributed by atoms with Gasteiger partial charge in [-0.25, -0.2) is 0 Å². The Kier molecular flexibility index (Phi) is 3.19. The molecule has 86 valence electrons. The first-order chi connectivity index (χ1) is 7.63. The number of hydrogen-bond donors (Lipinski definition) is 1. The van der Waals surface area contributed by atoms with Crippen molar-refractivity contribution in [2.24, 2.45) is 5.16 Å². The molecule has 1 aliphatic heterocycles. The number of anilines is 1. The fourth-order valence-corrected chi connectivity index (χ4v) is 2.67. The SMILES string of the molecule is CCc1c(Br)ccc(N)c1C1CC(C)=NO1. The standard InChI is InChI=1S/C12H15BrN2O/c1-3-8-9(13)4-5-10(14)12(8)11-6-7(2)15-16-11/h4-5,11H,3,6,14H2,1-2H3. The Morgan fingerprint density at radius 1 is 1.56 bits per heavy atom. The lowest BCUT2D eigenvalue weighted by Gasteiger charge is -2.17. The molecule has 4 heteroatoms. The maximum atomic E-state index is 6.04. The van der Waals surface area contributed by atoms with Crippen molar-refractivity contribution in [1.82, 2.24) is 0 Å². The Labute approximate surface area is 104 Å². The van der Waals surface area contributed by atoms with E-state index in [1.807, 2.05) is 19.1 Å². The van der Waals surface area contributed by atoms with E-state index < -0.39 is 0 Å². The molecule has 1 aromatic carbocycles. The predicted octanol–water partition coefficient (Wildman–Crippen LogP) is 3.43. The molecular weight excluding hydrogens is 268 g/mol. The second-order valence-electron chi connectivity index (χ2n) is 4.01. The van der Waals surface area contributed by atoms with E-state index in [9.17, 15) is 0 Å². The smallest absolute Gasteiger partial charge is 0.160 e. The maximum Gasteiger partial charge on any atom is 0.160 e. The zero-order chi connectivity index (χ0) is 11.7. The molecule has 0 saturated carbocycles. The van der Waals surface area contributed by atoms with Crippen LogP contribution < -0.4 is 5.73 Å². The highest BCUT2D eigenvalue weighted by molar-refractivity contribution is 9.10. The van der Waals surface area contributed by atoms with Crippen LogP contribution in [0.2, 0.25) is 0 Å². The van der Waals surface area contributed by atoms with Gasteiger partial charge in [-0.1, -0.05) is 28.0 Å². The summed E-state index contributed by atoms with van der Waals surface area (Å²) in [6, 6.07) is 3.90. The normalized spacial score (nSPS) is 19.4. The van der Waals surface area contributed by atoms with Gasteiger partial charge in [0.15, 0.2) is 6.10 Å². The number of hydrogen-bond acceptors (Lipinski definition) is 3. The lowest BCUT2D eigenvalue weighted by atomic mass is 9.96. The van der Waals surface area contributed by atoms with Crippen molar-refractivity contribution in [2.75, 3.05) is 5.73 Å². The Hall–Kier alpha value is -1.03. The van der Waals surface area contributed by atoms with Crippen molar-refractivity contribution in [1.29, 1.82) is 0 Å². The monoisotopic (exact) mass is 282 g/mol. The summed E-state index contributed by atoms with van der Waals surface area (Å²) in [5.74, 6) is 0. The average molecular weight is 283 g/mol. The molecule has 0 saturated heterocycles. The third-order valence-electron chi connectivity index (χ3n) is 2.83. The zero-order valence-electron chi connectivity index (χ0n) is 9.46. The van der Waals surface area contributed by atoms with Crippen molar-refractivity contribution in [3.63, 3.8) is 0 Å². The molecule has 0 bridgehead atoms. The van der Waals surface area contributed by atoms with Crippen LogP contribution in [0.1, 0.15) is 37.5 Å². The topological polar surface area (TPSA) is 47.6 Å². The van der Waals surface area contributed by atoms with Gasteiger partial charge in [0.1, 0.15) is 0 Å². The van der Waals surface area contributed by atoms with Crippen LogP contribution in [-0.4, -0.2) is 5.71 Å². The van der Waals surface area contributed by atoms with Crippen molar-refractivity contribution in [3.8, 4) is 0 Å². The first kappa shape index (κ1) is 11.5. The second-order valence-corrected chi connectivity index (χ2v) is 4.86. The third-order valence-corrected chi connectivity index (χ3v) is 3.57. The highest BCUT2D eigenvalue weighted by Crippen LogP contribution is 2.37. The van der Waals surface area contributed by atoms with E-state index in [4.69, 9.17) is 10.6 Å². The molecule has 2 rings (SSSR count). The number of rotatable bonds is 2. The van der Waals surface area contributed by atoms with E-state index in [-0.39, 0.29) is 6.10 Å². The molecule has 1 aliphatic rings. The summed E-state index contributed by atoms with van der Waals surface area (Å²) < 4.78 is 1.09. The summed E-state index contributed by atoms with van der Waals surface area (Å²) in [6.07, 6.45) is 1.74. The molecular formula is C12H15BrN2O. The predicted molar refractivity (Wildman–Crippen MR) is 69.5 cm³/mol. The third kappa shape index (κ3) is 1.94. The van der Waals surface area contributed by atoms with Gasteiger partial charge in [-0.15, -0.1) is 0 Å². The van der Waals surface area contributed by atoms with Crippen LogP contribution in [0.15, 0.2) is 21.8 Å². The minimum absolute atomic E-state index is 0.0209. The van der Waals surface area contributed by atoms with E-state index in [1.165, 1.54) is 5.56 Å². The number of nitrogens with zero attached hydrogens (tertiary/aromatic N) is 1. The summed E-state index contributed by atoms with van der Waals surface area (Å²) in [4.78, 5) is 5.42. The lowest BCUT2D eigenvalue weighted by molar-refractivity contribution is 0.0856. The van der Waals surface area contributed by atoms with Crippen molar-refractivity contribution >= 4 is 27.3 Å². The van der Waals surface area contributed by atoms with Crippen molar-refractivity contribution < 1.29 is 4.84 Å². The molecule has 0 amide bonds. The van der Waals surface area contributed by atoms with Crippen molar-refractivity contribution in [3.05, 3.63) is 27.7 Å². The van der Waals surface area contributed by atoms with Crippen LogP contribution in [0.25, 0.3) is 0 Å². The second kappa shape index (κ2) is 4.45. The van der Waals surface area contributed by atoms with Crippen LogP contribution in [-0.2, 0) is 11.3 Å². The van der Waals surface area contributed by atoms with Crippen LogP contribution in [0.3, 0.4) is 0 Å². The summed E-state index contributed by atoms with van der Waals surface area (Å²) in [5, 5.41) is 3.99. The minimum Gasteiger partial charge on any atom is -0.398 e. The molecule has 2 N–H and O–H groups in total. The highest BCUT2D eigenvalue weighted by atomic mass is 79.9. The fraction of sp³-hybridized carbons (Fsp3) is 0.417. The van der Waals surface area contributed by atoms with Crippen molar-refractivity contribution in [2.45, 2.75) is 32.8 Å². The van der Waals surface area contributed by atoms with Crippen LogP contribution in [0, 0.1) is 0 Å². The largest absolute Gasteiger partial charge is 0.398 e. The Balaban J connectivity index is 2.43. The molecule has 1 unspecified atom stereocenters. The van der Waals surface area contributed by atoms with Gasteiger partial charge in [0.25, 0.3) is 0 Å². The first-order valence-corrected chi connectivity index (χ1v) is 6.18. The molecule has 0 spiro atoms. The molecule has 0 fully saturated rings. The minimum atomic E-state index is -0.0209. The van der Waals surface area contributed by atoms with Gasteiger partial charge in [0.2, 0.25) is 0 Å². The number of nitrogen functional groups attached to an aromatic ring is 1. The van der Waals surface area contributed by atoms with Crippen LogP contribution >= 0.6 is 15.9 Å². The number of benzene rings is 1. The van der Waals surface area contributed by atoms with E-state index in [0.29, 0.717) is 0 Å². The molecule has 0 aromatic heterocycles. The Morgan fingerprint density at radius 2 is 2.31 bits per heavy atom. The average Bonchev–Trinajstić information content (AvgIpc) is 2.67. The number of nitrogens with two attached hydrogens (primary N) is 1. The van der Waals surface area contributed by atoms with Gasteiger partial charge in [0, 0.05) is 22.1 Å². The Bertz CT molecular complexity index is 443. The molecule has 16 heavy (non-hydrogen) atoms. The molecule has 1 atom stereocenters. The van der Waals surface area contributed by atoms with E-state index in [1.54, 1.807) is 0 Å². The lowest BCUT2D eigenvalue weighted by Crippen LogP contribution is -2.07. The van der Waals surface area contributed by atoms with E-state index >= 15 is 0 Å². The first-order valence-electron chi connectivity index (χ1n) is 5.39. The number of oxime groups is 1. The zero-order valence-corrected chi connectivity index (χ0v) is 11.0. The van der Waals surface area contributed by atoms with Gasteiger partial charge >= 0.3 is 0 Å². The van der Waals surface area contributed by atoms with E-state index in [2.05, 4.69) is 28.0 Å². The van der Waals surface area contributed by atoms with E-state index in [0.717, 1.165) is 34.3 Å². The van der Waals surface area contributed by atoms with Crippen LogP contribution in [0.4, 0.5) is 5.69 Å². The quantitative estimate of drug-likeness (QED) is 0.845. The van der Waals surface area contributed by atoms with Gasteiger partial charge in [-0.2, -0.15) is 0 Å². The summed E-state index contributed by atoms with van der Waals surface area (Å²) in [6.45, 7) is 4.09. The molecule has 0 aliphatic carbocycles. The summed E-state index contributed by atoms with van der Waals surface area (Å²) >= 11 is 3.56. The maximum absolute atomic E-state index is 6.04. The van der Waals surface area contributed by atoms with Gasteiger partial charge in [-0.3, -0.25) is 0 Å². The molecule has 0 radical (unpaired) electrons. The van der Waals surface area contributed by atoms with Crippen LogP contribution in [0.5, 0.6) is 0 Å². The fourth-order valence-electron chi connectivity index (χ4n) is 2.05. The Morgan fingerprint density at radius 3 is 2.88 bits per heavy atom. The number of halogens is 1. The van der Waals surface area contributed by atoms with Gasteiger partial charge in [-0.05, 0) is 31.0 Å².